The van der Waals surface area contributed by atoms with Gasteiger partial charge in [-0.2, -0.15) is 0 Å². The highest BCUT2D eigenvalue weighted by Gasteiger charge is 2.38. The molecule has 0 saturated heterocycles. The smallest absolute Gasteiger partial charge is 0.329 e. The third kappa shape index (κ3) is 3.77. The van der Waals surface area contributed by atoms with Gasteiger partial charge in [0.2, 0.25) is 0 Å². The van der Waals surface area contributed by atoms with Crippen molar-refractivity contribution in [1.29, 1.82) is 0 Å². The van der Waals surface area contributed by atoms with Crippen molar-refractivity contribution >= 4 is 79.2 Å². The van der Waals surface area contributed by atoms with Crippen LogP contribution in [0.25, 0.3) is 65.9 Å². The van der Waals surface area contributed by atoms with Crippen molar-refractivity contribution in [1.82, 2.24) is 8.96 Å². The fourth-order valence-electron chi connectivity index (χ4n) is 10.7. The maximum absolute atomic E-state index is 2.69. The number of benzene rings is 7. The van der Waals surface area contributed by atoms with Crippen LogP contribution in [0.4, 0.5) is 0 Å². The molecule has 2 aliphatic heterocycles. The Morgan fingerprint density at radius 3 is 1.13 bits per heavy atom. The lowest BCUT2D eigenvalue weighted by Gasteiger charge is -2.30. The summed E-state index contributed by atoms with van der Waals surface area (Å²) < 4.78 is 5.39. The van der Waals surface area contributed by atoms with E-state index in [1.54, 1.807) is 0 Å². The third-order valence-corrected chi connectivity index (χ3v) is 12.4. The summed E-state index contributed by atoms with van der Waals surface area (Å²) in [5, 5.41) is 5.29. The Kier molecular flexibility index (Phi) is 6.00. The van der Waals surface area contributed by atoms with Crippen LogP contribution < -0.4 is 21.9 Å². The van der Waals surface area contributed by atoms with Crippen molar-refractivity contribution in [3.63, 3.8) is 0 Å². The number of para-hydroxylation sites is 2. The first-order valence-electron chi connectivity index (χ1n) is 18.7. The largest absolute Gasteiger partial charge is 0.375 e. The van der Waals surface area contributed by atoms with Gasteiger partial charge < -0.3 is 8.96 Å². The average molecular weight is 664 g/mol. The van der Waals surface area contributed by atoms with Crippen molar-refractivity contribution in [3.05, 3.63) is 155 Å². The average Bonchev–Trinajstić information content (AvgIpc) is 3.63. The maximum atomic E-state index is 2.69. The Morgan fingerprint density at radius 1 is 0.365 bits per heavy atom. The molecule has 0 radical (unpaired) electrons. The van der Waals surface area contributed by atoms with Gasteiger partial charge in [-0.05, 0) is 86.7 Å². The predicted octanol–water partition coefficient (Wildman–Crippen LogP) is 9.02. The van der Waals surface area contributed by atoms with E-state index in [0.717, 1.165) is 0 Å². The van der Waals surface area contributed by atoms with Crippen LogP contribution in [0.1, 0.15) is 33.4 Å². The normalized spacial score (nSPS) is 13.1. The molecule has 4 heteroatoms. The van der Waals surface area contributed by atoms with Gasteiger partial charge in [-0.25, -0.2) is 0 Å². The standard InChI is InChI=1S/C48H38B2N2/c1-27-21-29(3)45(30(4)22-27)49-41-19-9-7-13-33(41)35-15-11-17-37-39-26-44-40(25-43(39)51(49)47(35)37)38-18-12-16-36-34-14-8-10-20-42(34)50(52(44)48(36)38)46-31(5)23-28(2)24-32(46)6/h7-26H,1-6H3. The van der Waals surface area contributed by atoms with Gasteiger partial charge in [-0.3, -0.25) is 0 Å². The van der Waals surface area contributed by atoms with Crippen LogP contribution in [0.2, 0.25) is 0 Å². The zero-order chi connectivity index (χ0) is 35.2. The van der Waals surface area contributed by atoms with Crippen LogP contribution in [0, 0.1) is 41.5 Å². The van der Waals surface area contributed by atoms with E-state index in [1.165, 1.54) is 121 Å². The van der Waals surface area contributed by atoms with E-state index in [0.29, 0.717) is 0 Å². The monoisotopic (exact) mass is 664 g/mol. The van der Waals surface area contributed by atoms with Crippen LogP contribution in [0.3, 0.4) is 0 Å². The zero-order valence-corrected chi connectivity index (χ0v) is 30.6. The van der Waals surface area contributed by atoms with Gasteiger partial charge >= 0.3 is 13.7 Å². The molecule has 0 spiro atoms. The molecule has 11 rings (SSSR count). The van der Waals surface area contributed by atoms with Crippen molar-refractivity contribution in [2.45, 2.75) is 41.5 Å². The predicted molar refractivity (Wildman–Crippen MR) is 225 cm³/mol. The lowest BCUT2D eigenvalue weighted by Crippen LogP contribution is -2.53. The molecular weight excluding hydrogens is 626 g/mol. The molecule has 2 aliphatic rings. The number of rotatable bonds is 2. The number of nitrogens with zero attached hydrogens (tertiary/aromatic N) is 2. The Hall–Kier alpha value is -5.73. The Labute approximate surface area is 305 Å². The van der Waals surface area contributed by atoms with E-state index in [4.69, 9.17) is 0 Å². The summed E-state index contributed by atoms with van der Waals surface area (Å²) in [5.74, 6) is 0. The fraction of sp³-hybridized carbons (Fsp3) is 0.125. The number of fused-ring (bicyclic) bond motifs is 10. The van der Waals surface area contributed by atoms with Crippen molar-refractivity contribution in [3.8, 4) is 22.3 Å². The van der Waals surface area contributed by atoms with Gasteiger partial charge in [0.1, 0.15) is 0 Å². The fourth-order valence-corrected chi connectivity index (χ4v) is 10.7. The maximum Gasteiger partial charge on any atom is 0.329 e. The molecule has 4 heterocycles. The molecule has 7 aromatic carbocycles. The molecule has 9 aromatic rings. The van der Waals surface area contributed by atoms with E-state index in [9.17, 15) is 0 Å². The van der Waals surface area contributed by atoms with Gasteiger partial charge in [-0.15, -0.1) is 0 Å². The summed E-state index contributed by atoms with van der Waals surface area (Å²) in [7, 11) is 0. The van der Waals surface area contributed by atoms with Crippen molar-refractivity contribution in [2.75, 3.05) is 0 Å². The second-order valence-electron chi connectivity index (χ2n) is 15.6. The molecule has 2 nitrogen and oxygen atoms in total. The third-order valence-electron chi connectivity index (χ3n) is 12.4. The van der Waals surface area contributed by atoms with Crippen LogP contribution in [-0.4, -0.2) is 22.7 Å². The lowest BCUT2D eigenvalue weighted by molar-refractivity contribution is 1.29. The topological polar surface area (TPSA) is 9.86 Å². The van der Waals surface area contributed by atoms with Gasteiger partial charge in [0.05, 0.1) is 0 Å². The number of aromatic nitrogens is 2. The van der Waals surface area contributed by atoms with E-state index >= 15 is 0 Å². The molecule has 0 unspecified atom stereocenters. The van der Waals surface area contributed by atoms with Crippen molar-refractivity contribution in [2.24, 2.45) is 0 Å². The summed E-state index contributed by atoms with van der Waals surface area (Å²) in [4.78, 5) is 0. The zero-order valence-electron chi connectivity index (χ0n) is 30.6. The first-order valence-corrected chi connectivity index (χ1v) is 18.7. The van der Waals surface area contributed by atoms with Gasteiger partial charge in [0.25, 0.3) is 0 Å². The van der Waals surface area contributed by atoms with Gasteiger partial charge in [0, 0.05) is 54.7 Å². The molecule has 0 bridgehead atoms. The minimum Gasteiger partial charge on any atom is -0.375 e. The first-order chi connectivity index (χ1) is 25.3. The second kappa shape index (κ2) is 10.4. The van der Waals surface area contributed by atoms with Gasteiger partial charge in [-0.1, -0.05) is 143 Å². The Morgan fingerprint density at radius 2 is 0.731 bits per heavy atom. The molecule has 246 valence electrons. The molecular formula is C48H38B2N2. The minimum absolute atomic E-state index is 0.0682. The second-order valence-corrected chi connectivity index (χ2v) is 15.6. The summed E-state index contributed by atoms with van der Waals surface area (Å²) in [5.41, 5.74) is 24.2. The van der Waals surface area contributed by atoms with Crippen molar-refractivity contribution < 1.29 is 0 Å². The van der Waals surface area contributed by atoms with Crippen LogP contribution in [-0.2, 0) is 0 Å². The summed E-state index contributed by atoms with van der Waals surface area (Å²) in [6, 6.07) is 46.7. The summed E-state index contributed by atoms with van der Waals surface area (Å²) in [6.07, 6.45) is 0. The van der Waals surface area contributed by atoms with Crippen LogP contribution in [0.15, 0.2) is 121 Å². The lowest BCUT2D eigenvalue weighted by atomic mass is 9.45. The molecule has 0 atom stereocenters. The van der Waals surface area contributed by atoms with E-state index in [2.05, 4.69) is 172 Å². The molecule has 2 aromatic heterocycles. The highest BCUT2D eigenvalue weighted by Crippen LogP contribution is 2.44. The first kappa shape index (κ1) is 29.9. The number of hydrogen-bond acceptors (Lipinski definition) is 0. The van der Waals surface area contributed by atoms with E-state index in [-0.39, 0.29) is 13.7 Å². The highest BCUT2D eigenvalue weighted by atomic mass is 14.9. The SMILES string of the molecule is Cc1cc(C)c(B2c3ccccc3-c3cccc4c5cc6c(cc5n2c34)c2cccc3c2n6B(c2c(C)cc(C)cc2C)c2ccccc2-3)c(C)c1. The van der Waals surface area contributed by atoms with Crippen LogP contribution >= 0.6 is 0 Å². The van der Waals surface area contributed by atoms with Crippen LogP contribution in [0.5, 0.6) is 0 Å². The summed E-state index contributed by atoms with van der Waals surface area (Å²) >= 11 is 0. The Balaban J connectivity index is 1.32. The molecule has 0 amide bonds. The molecule has 0 fully saturated rings. The Bertz CT molecular complexity index is 2800. The summed E-state index contributed by atoms with van der Waals surface area (Å²) in [6.45, 7) is 13.8. The van der Waals surface area contributed by atoms with E-state index < -0.39 is 0 Å². The number of hydrogen-bond donors (Lipinski definition) is 0. The van der Waals surface area contributed by atoms with E-state index in [1.807, 2.05) is 0 Å². The molecule has 52 heavy (non-hydrogen) atoms. The molecule has 0 aliphatic carbocycles. The number of aryl methyl sites for hydroxylation is 6. The van der Waals surface area contributed by atoms with Gasteiger partial charge in [0.15, 0.2) is 0 Å². The highest BCUT2D eigenvalue weighted by molar-refractivity contribution is 6.88. The quantitative estimate of drug-likeness (QED) is 0.163. The molecule has 0 N–H and O–H groups in total. The molecule has 0 saturated carbocycles. The minimum atomic E-state index is 0.0682.